The Kier molecular flexibility index (Phi) is 5.35. The number of hydrogen-bond acceptors (Lipinski definition) is 3. The van der Waals surface area contributed by atoms with Crippen LogP contribution in [0.1, 0.15) is 18.4 Å². The molecule has 1 aromatic carbocycles. The summed E-state index contributed by atoms with van der Waals surface area (Å²) in [6.07, 6.45) is 2.42. The molecule has 0 aromatic heterocycles. The molecule has 1 N–H and O–H groups in total. The first-order chi connectivity index (χ1) is 9.42. The Balaban J connectivity index is 1.83. The lowest BCUT2D eigenvalue weighted by Crippen LogP contribution is -2.34. The summed E-state index contributed by atoms with van der Waals surface area (Å²) in [5, 5.41) is 3.44. The van der Waals surface area contributed by atoms with Gasteiger partial charge in [0, 0.05) is 24.0 Å². The fourth-order valence-corrected chi connectivity index (χ4v) is 3.00. The van der Waals surface area contributed by atoms with Crippen molar-refractivity contribution < 1.29 is 13.2 Å². The Hall–Kier alpha value is -0.720. The third kappa shape index (κ3) is 5.34. The minimum atomic E-state index is -4.22. The van der Waals surface area contributed by atoms with E-state index in [0.717, 1.165) is 25.2 Å². The van der Waals surface area contributed by atoms with Crippen molar-refractivity contribution in [1.82, 2.24) is 10.2 Å². The van der Waals surface area contributed by atoms with Gasteiger partial charge in [-0.2, -0.15) is 13.2 Å². The van der Waals surface area contributed by atoms with E-state index in [9.17, 15) is 13.2 Å². The summed E-state index contributed by atoms with van der Waals surface area (Å²) in [7, 11) is 2.04. The summed E-state index contributed by atoms with van der Waals surface area (Å²) < 4.78 is 36.7. The van der Waals surface area contributed by atoms with Crippen molar-refractivity contribution in [2.24, 2.45) is 0 Å². The zero-order chi connectivity index (χ0) is 14.6. The van der Waals surface area contributed by atoms with Crippen LogP contribution in [0.15, 0.2) is 29.2 Å². The fourth-order valence-electron chi connectivity index (χ4n) is 2.46. The van der Waals surface area contributed by atoms with Crippen LogP contribution < -0.4 is 5.32 Å². The number of halogens is 3. The summed E-state index contributed by atoms with van der Waals surface area (Å²) in [5.41, 5.74) is -3.18. The Morgan fingerprint density at radius 1 is 1.30 bits per heavy atom. The maximum absolute atomic E-state index is 12.2. The van der Waals surface area contributed by atoms with Gasteiger partial charge in [0.2, 0.25) is 0 Å². The molecule has 0 radical (unpaired) electrons. The quantitative estimate of drug-likeness (QED) is 0.838. The molecule has 1 heterocycles. The monoisotopic (exact) mass is 304 g/mol. The number of benzene rings is 1. The maximum atomic E-state index is 12.2. The van der Waals surface area contributed by atoms with Gasteiger partial charge in [0.05, 0.1) is 0 Å². The molecule has 0 aliphatic carbocycles. The zero-order valence-electron chi connectivity index (χ0n) is 11.4. The first kappa shape index (κ1) is 15.7. The van der Waals surface area contributed by atoms with E-state index in [1.165, 1.54) is 25.0 Å². The largest absolute Gasteiger partial charge is 0.446 e. The van der Waals surface area contributed by atoms with Crippen LogP contribution >= 0.6 is 11.8 Å². The Labute approximate surface area is 121 Å². The number of alkyl halides is 3. The summed E-state index contributed by atoms with van der Waals surface area (Å²) >= 11 is -0.0691. The van der Waals surface area contributed by atoms with Crippen molar-refractivity contribution >= 4 is 11.8 Å². The summed E-state index contributed by atoms with van der Waals surface area (Å²) in [6.45, 7) is 2.82. The molecular formula is C14H19F3N2S. The van der Waals surface area contributed by atoms with E-state index in [1.807, 2.05) is 7.05 Å². The van der Waals surface area contributed by atoms with Crippen LogP contribution in [0.4, 0.5) is 13.2 Å². The topological polar surface area (TPSA) is 15.3 Å². The van der Waals surface area contributed by atoms with Crippen molar-refractivity contribution in [2.45, 2.75) is 35.8 Å². The zero-order valence-corrected chi connectivity index (χ0v) is 12.2. The smallest absolute Gasteiger partial charge is 0.313 e. The molecule has 1 aliphatic rings. The summed E-state index contributed by atoms with van der Waals surface area (Å²) in [5.74, 6) is 0. The van der Waals surface area contributed by atoms with Crippen LogP contribution in [-0.2, 0) is 6.54 Å². The van der Waals surface area contributed by atoms with E-state index in [2.05, 4.69) is 10.2 Å². The summed E-state index contributed by atoms with van der Waals surface area (Å²) in [4.78, 5) is 2.44. The maximum Gasteiger partial charge on any atom is 0.446 e. The molecule has 0 spiro atoms. The van der Waals surface area contributed by atoms with Crippen molar-refractivity contribution in [3.63, 3.8) is 0 Å². The number of nitrogens with one attached hydrogen (secondary N) is 1. The Bertz CT molecular complexity index is 413. The highest BCUT2D eigenvalue weighted by Crippen LogP contribution is 2.36. The van der Waals surface area contributed by atoms with Crippen LogP contribution in [0.3, 0.4) is 0 Å². The molecule has 112 valence electrons. The van der Waals surface area contributed by atoms with E-state index in [0.29, 0.717) is 6.04 Å². The molecule has 1 atom stereocenters. The fraction of sp³-hybridized carbons (Fsp3) is 0.571. The van der Waals surface area contributed by atoms with Gasteiger partial charge in [-0.3, -0.25) is 0 Å². The van der Waals surface area contributed by atoms with Crippen molar-refractivity contribution in [3.05, 3.63) is 29.8 Å². The van der Waals surface area contributed by atoms with E-state index in [1.54, 1.807) is 12.1 Å². The van der Waals surface area contributed by atoms with Crippen LogP contribution in [0.25, 0.3) is 0 Å². The first-order valence-electron chi connectivity index (χ1n) is 6.69. The van der Waals surface area contributed by atoms with Crippen molar-refractivity contribution in [1.29, 1.82) is 0 Å². The van der Waals surface area contributed by atoms with Gasteiger partial charge in [0.1, 0.15) is 0 Å². The lowest BCUT2D eigenvalue weighted by atomic mass is 10.2. The number of hydrogen-bond donors (Lipinski definition) is 1. The molecule has 1 unspecified atom stereocenters. The summed E-state index contributed by atoms with van der Waals surface area (Å²) in [6, 6.07) is 7.16. The molecule has 0 amide bonds. The molecule has 6 heteroatoms. The average Bonchev–Trinajstić information content (AvgIpc) is 2.82. The first-order valence-corrected chi connectivity index (χ1v) is 7.51. The molecule has 1 fully saturated rings. The highest BCUT2D eigenvalue weighted by Gasteiger charge is 2.29. The molecule has 2 nitrogen and oxygen atoms in total. The van der Waals surface area contributed by atoms with Gasteiger partial charge in [-0.05, 0) is 55.9 Å². The van der Waals surface area contributed by atoms with E-state index in [4.69, 9.17) is 0 Å². The molecule has 1 saturated heterocycles. The minimum absolute atomic E-state index is 0.0691. The van der Waals surface area contributed by atoms with E-state index < -0.39 is 5.51 Å². The molecular weight excluding hydrogens is 285 g/mol. The highest BCUT2D eigenvalue weighted by molar-refractivity contribution is 8.00. The molecule has 0 bridgehead atoms. The molecule has 2 rings (SSSR count). The van der Waals surface area contributed by atoms with Gasteiger partial charge in [-0.15, -0.1) is 0 Å². The van der Waals surface area contributed by atoms with Gasteiger partial charge >= 0.3 is 5.51 Å². The lowest BCUT2D eigenvalue weighted by Gasteiger charge is -2.21. The SMILES string of the molecule is CN(Cc1ccc(SC(F)(F)F)cc1)CC1CCCN1. The molecule has 20 heavy (non-hydrogen) atoms. The third-order valence-electron chi connectivity index (χ3n) is 3.30. The van der Waals surface area contributed by atoms with E-state index in [-0.39, 0.29) is 16.7 Å². The molecule has 1 aliphatic heterocycles. The Morgan fingerprint density at radius 2 is 2.00 bits per heavy atom. The molecule has 1 aromatic rings. The minimum Gasteiger partial charge on any atom is -0.313 e. The van der Waals surface area contributed by atoms with Gasteiger partial charge in [-0.1, -0.05) is 12.1 Å². The third-order valence-corrected chi connectivity index (χ3v) is 4.04. The van der Waals surface area contributed by atoms with Gasteiger partial charge in [0.15, 0.2) is 0 Å². The molecule has 0 saturated carbocycles. The van der Waals surface area contributed by atoms with Gasteiger partial charge in [-0.25, -0.2) is 0 Å². The van der Waals surface area contributed by atoms with E-state index >= 15 is 0 Å². The normalized spacial score (nSPS) is 19.8. The van der Waals surface area contributed by atoms with Crippen LogP contribution in [0.5, 0.6) is 0 Å². The van der Waals surface area contributed by atoms with Crippen molar-refractivity contribution in [3.8, 4) is 0 Å². The van der Waals surface area contributed by atoms with Crippen molar-refractivity contribution in [2.75, 3.05) is 20.1 Å². The number of rotatable bonds is 5. The van der Waals surface area contributed by atoms with Gasteiger partial charge < -0.3 is 10.2 Å². The predicted molar refractivity (Wildman–Crippen MR) is 75.7 cm³/mol. The van der Waals surface area contributed by atoms with Gasteiger partial charge in [0.25, 0.3) is 0 Å². The number of likely N-dealkylation sites (N-methyl/N-ethyl adjacent to an activating group) is 1. The average molecular weight is 304 g/mol. The van der Waals surface area contributed by atoms with Crippen LogP contribution in [0.2, 0.25) is 0 Å². The second-order valence-corrected chi connectivity index (χ2v) is 6.32. The number of thioether (sulfide) groups is 1. The lowest BCUT2D eigenvalue weighted by molar-refractivity contribution is -0.0328. The van der Waals surface area contributed by atoms with Crippen LogP contribution in [-0.4, -0.2) is 36.6 Å². The second kappa shape index (κ2) is 6.83. The van der Waals surface area contributed by atoms with Crippen LogP contribution in [0, 0.1) is 0 Å². The predicted octanol–water partition coefficient (Wildman–Crippen LogP) is 3.48. The second-order valence-electron chi connectivity index (χ2n) is 5.18. The highest BCUT2D eigenvalue weighted by atomic mass is 32.2. The number of nitrogens with zero attached hydrogens (tertiary/aromatic N) is 1. The standard InChI is InChI=1S/C14H19F3N2S/c1-19(10-12-3-2-8-18-12)9-11-4-6-13(7-5-11)20-14(15,16)17/h4-7,12,18H,2-3,8-10H2,1H3. The Morgan fingerprint density at radius 3 is 2.55 bits per heavy atom.